The van der Waals surface area contributed by atoms with Crippen LogP contribution in [-0.4, -0.2) is 56.0 Å². The smallest absolute Gasteiger partial charge is 0.310 e. The summed E-state index contributed by atoms with van der Waals surface area (Å²) >= 11 is 0. The lowest BCUT2D eigenvalue weighted by Crippen LogP contribution is -2.49. The summed E-state index contributed by atoms with van der Waals surface area (Å²) in [6.45, 7) is 3.56. The number of ether oxygens (including phenoxy) is 1. The third-order valence-electron chi connectivity index (χ3n) is 4.27. The van der Waals surface area contributed by atoms with Crippen molar-refractivity contribution in [1.82, 2.24) is 10.2 Å². The van der Waals surface area contributed by atoms with E-state index in [1.54, 1.807) is 38.2 Å². The van der Waals surface area contributed by atoms with E-state index in [4.69, 9.17) is 11.2 Å². The maximum atomic E-state index is 12.2. The van der Waals surface area contributed by atoms with Crippen LogP contribution < -0.4 is 10.6 Å². The van der Waals surface area contributed by atoms with Crippen LogP contribution in [0.25, 0.3) is 0 Å². The van der Waals surface area contributed by atoms with Crippen LogP contribution in [0.5, 0.6) is 0 Å². The molecule has 1 heterocycles. The van der Waals surface area contributed by atoms with Gasteiger partial charge in [-0.05, 0) is 38.0 Å². The molecule has 7 nitrogen and oxygen atoms in total. The first kappa shape index (κ1) is 20.3. The van der Waals surface area contributed by atoms with Gasteiger partial charge in [0.15, 0.2) is 5.96 Å². The number of guanidine groups is 1. The minimum atomic E-state index is -0.204. The molecule has 2 N–H and O–H groups in total. The van der Waals surface area contributed by atoms with E-state index in [9.17, 15) is 9.59 Å². The highest BCUT2D eigenvalue weighted by molar-refractivity contribution is 5.95. The lowest BCUT2D eigenvalue weighted by molar-refractivity contribution is -0.149. The number of hydrogen-bond donors (Lipinski definition) is 2. The molecular weight excluding hydrogens is 344 g/mol. The Morgan fingerprint density at radius 1 is 1.44 bits per heavy atom. The van der Waals surface area contributed by atoms with Gasteiger partial charge in [0.1, 0.15) is 0 Å². The molecule has 1 aromatic rings. The fourth-order valence-corrected chi connectivity index (χ4v) is 3.01. The predicted molar refractivity (Wildman–Crippen MR) is 105 cm³/mol. The molecule has 1 fully saturated rings. The van der Waals surface area contributed by atoms with Crippen molar-refractivity contribution in [3.63, 3.8) is 0 Å². The van der Waals surface area contributed by atoms with E-state index in [1.807, 2.05) is 4.90 Å². The van der Waals surface area contributed by atoms with Gasteiger partial charge in [0, 0.05) is 31.4 Å². The molecule has 1 unspecified atom stereocenters. The molecule has 7 heteroatoms. The summed E-state index contributed by atoms with van der Waals surface area (Å²) in [5, 5.41) is 5.85. The molecule has 0 saturated carbocycles. The summed E-state index contributed by atoms with van der Waals surface area (Å²) in [7, 11) is 1.66. The normalized spacial score (nSPS) is 17.0. The minimum absolute atomic E-state index is 0.0630. The molecule has 1 amide bonds. The fourth-order valence-electron chi connectivity index (χ4n) is 3.01. The average Bonchev–Trinajstić information content (AvgIpc) is 2.69. The zero-order chi connectivity index (χ0) is 19.6. The Hall–Kier alpha value is -3.01. The maximum absolute atomic E-state index is 12.2. The quantitative estimate of drug-likeness (QED) is 0.355. The van der Waals surface area contributed by atoms with Gasteiger partial charge in [-0.2, -0.15) is 0 Å². The van der Waals surface area contributed by atoms with E-state index in [0.29, 0.717) is 30.4 Å². The van der Waals surface area contributed by atoms with E-state index in [2.05, 4.69) is 21.5 Å². The number of likely N-dealkylation sites (tertiary alicyclic amines) is 1. The molecule has 1 saturated heterocycles. The molecule has 1 aromatic carbocycles. The van der Waals surface area contributed by atoms with Gasteiger partial charge in [-0.1, -0.05) is 12.0 Å². The van der Waals surface area contributed by atoms with Crippen molar-refractivity contribution in [1.29, 1.82) is 0 Å². The molecule has 1 atom stereocenters. The first-order chi connectivity index (χ1) is 13.1. The van der Waals surface area contributed by atoms with Crippen LogP contribution in [0, 0.1) is 18.3 Å². The van der Waals surface area contributed by atoms with Crippen molar-refractivity contribution < 1.29 is 14.3 Å². The minimum Gasteiger partial charge on any atom is -0.466 e. The molecule has 27 heavy (non-hydrogen) atoms. The van der Waals surface area contributed by atoms with Gasteiger partial charge in [-0.3, -0.25) is 14.6 Å². The van der Waals surface area contributed by atoms with Gasteiger partial charge in [-0.25, -0.2) is 0 Å². The van der Waals surface area contributed by atoms with Crippen LogP contribution in [0.4, 0.5) is 5.69 Å². The number of anilines is 1. The Balaban J connectivity index is 1.88. The number of carbonyl (C=O) groups excluding carboxylic acids is 2. The van der Waals surface area contributed by atoms with Gasteiger partial charge >= 0.3 is 5.97 Å². The molecule has 0 radical (unpaired) electrons. The van der Waals surface area contributed by atoms with E-state index < -0.39 is 0 Å². The third kappa shape index (κ3) is 6.03. The van der Waals surface area contributed by atoms with Crippen LogP contribution >= 0.6 is 0 Å². The average molecular weight is 370 g/mol. The van der Waals surface area contributed by atoms with Gasteiger partial charge < -0.3 is 20.3 Å². The number of carbonyl (C=O) groups is 2. The van der Waals surface area contributed by atoms with Gasteiger partial charge in [0.25, 0.3) is 0 Å². The van der Waals surface area contributed by atoms with E-state index in [0.717, 1.165) is 19.4 Å². The monoisotopic (exact) mass is 370 g/mol. The molecule has 0 spiro atoms. The van der Waals surface area contributed by atoms with Crippen LogP contribution in [0.1, 0.15) is 25.3 Å². The summed E-state index contributed by atoms with van der Waals surface area (Å²) in [6.07, 6.45) is 7.04. The Morgan fingerprint density at radius 3 is 2.96 bits per heavy atom. The van der Waals surface area contributed by atoms with Crippen molar-refractivity contribution in [3.05, 3.63) is 29.8 Å². The van der Waals surface area contributed by atoms with Gasteiger partial charge in [0.2, 0.25) is 5.91 Å². The number of nitrogens with zero attached hydrogens (tertiary/aromatic N) is 2. The number of terminal acetylenes is 1. The fraction of sp³-hybridized carbons (Fsp3) is 0.450. The van der Waals surface area contributed by atoms with Crippen LogP contribution in [0.2, 0.25) is 0 Å². The highest BCUT2D eigenvalue weighted by atomic mass is 16.5. The van der Waals surface area contributed by atoms with Gasteiger partial charge in [0.05, 0.1) is 19.1 Å². The lowest BCUT2D eigenvalue weighted by atomic mass is 9.98. The van der Waals surface area contributed by atoms with Crippen molar-refractivity contribution in [2.24, 2.45) is 10.9 Å². The Morgan fingerprint density at radius 2 is 2.26 bits per heavy atom. The second-order valence-corrected chi connectivity index (χ2v) is 6.21. The summed E-state index contributed by atoms with van der Waals surface area (Å²) in [4.78, 5) is 30.4. The number of esters is 1. The zero-order valence-corrected chi connectivity index (χ0v) is 15.8. The lowest BCUT2D eigenvalue weighted by Gasteiger charge is -2.33. The van der Waals surface area contributed by atoms with Crippen molar-refractivity contribution >= 4 is 23.5 Å². The van der Waals surface area contributed by atoms with Crippen molar-refractivity contribution in [2.75, 3.05) is 38.6 Å². The maximum Gasteiger partial charge on any atom is 0.310 e. The molecule has 2 rings (SSSR count). The zero-order valence-electron chi connectivity index (χ0n) is 15.8. The molecule has 144 valence electrons. The third-order valence-corrected chi connectivity index (χ3v) is 4.27. The Kier molecular flexibility index (Phi) is 7.68. The number of amides is 1. The number of aliphatic imine (C=N–C) groups is 1. The summed E-state index contributed by atoms with van der Waals surface area (Å²) in [5.41, 5.74) is 1.35. The molecular formula is C20H26N4O3. The molecule has 1 aliphatic heterocycles. The number of benzene rings is 1. The topological polar surface area (TPSA) is 83.0 Å². The molecule has 1 aliphatic rings. The van der Waals surface area contributed by atoms with Crippen LogP contribution in [0.3, 0.4) is 0 Å². The van der Waals surface area contributed by atoms with Crippen LogP contribution in [0.15, 0.2) is 29.3 Å². The Labute approximate surface area is 160 Å². The second-order valence-electron chi connectivity index (χ2n) is 6.21. The highest BCUT2D eigenvalue weighted by Gasteiger charge is 2.28. The second kappa shape index (κ2) is 10.2. The molecule has 0 aliphatic carbocycles. The SMILES string of the molecule is C#Cc1cccc(NC(=O)CNC(=NC)N2CCCC(C(=O)OCC)C2)c1. The van der Waals surface area contributed by atoms with Gasteiger partial charge in [-0.15, -0.1) is 6.42 Å². The van der Waals surface area contributed by atoms with E-state index in [-0.39, 0.29) is 24.3 Å². The first-order valence-corrected chi connectivity index (χ1v) is 9.06. The summed E-state index contributed by atoms with van der Waals surface area (Å²) in [5.74, 6) is 2.58. The van der Waals surface area contributed by atoms with Crippen LogP contribution in [-0.2, 0) is 14.3 Å². The van der Waals surface area contributed by atoms with Crippen molar-refractivity contribution in [2.45, 2.75) is 19.8 Å². The largest absolute Gasteiger partial charge is 0.466 e. The highest BCUT2D eigenvalue weighted by Crippen LogP contribution is 2.18. The molecule has 0 bridgehead atoms. The van der Waals surface area contributed by atoms with E-state index in [1.165, 1.54) is 0 Å². The predicted octanol–water partition coefficient (Wildman–Crippen LogP) is 1.46. The summed E-state index contributed by atoms with van der Waals surface area (Å²) < 4.78 is 5.12. The molecule has 0 aromatic heterocycles. The Bertz CT molecular complexity index is 739. The van der Waals surface area contributed by atoms with E-state index >= 15 is 0 Å². The number of nitrogens with one attached hydrogen (secondary N) is 2. The first-order valence-electron chi connectivity index (χ1n) is 9.06. The standard InChI is InChI=1S/C20H26N4O3/c1-4-15-8-6-10-17(12-15)23-18(25)13-22-20(21-3)24-11-7-9-16(14-24)19(26)27-5-2/h1,6,8,10,12,16H,5,7,9,11,13-14H2,2-3H3,(H,21,22)(H,23,25). The number of hydrogen-bond acceptors (Lipinski definition) is 4. The summed E-state index contributed by atoms with van der Waals surface area (Å²) in [6, 6.07) is 7.11. The van der Waals surface area contributed by atoms with Crippen molar-refractivity contribution in [3.8, 4) is 12.3 Å². The number of rotatable bonds is 5. The number of piperidine rings is 1.